The Kier molecular flexibility index (Phi) is 5.12. The van der Waals surface area contributed by atoms with Crippen molar-refractivity contribution in [1.82, 2.24) is 9.97 Å². The van der Waals surface area contributed by atoms with E-state index in [1.807, 2.05) is 56.3 Å². The summed E-state index contributed by atoms with van der Waals surface area (Å²) in [5, 5.41) is 5.97. The minimum atomic E-state index is -0.241. The molecule has 0 bridgehead atoms. The lowest BCUT2D eigenvalue weighted by Crippen LogP contribution is -2.14. The van der Waals surface area contributed by atoms with Gasteiger partial charge in [-0.05, 0) is 55.3 Å². The summed E-state index contributed by atoms with van der Waals surface area (Å²) in [5.41, 5.74) is 4.18. The second-order valence-corrected chi connectivity index (χ2v) is 5.85. The third-order valence-electron chi connectivity index (χ3n) is 4.11. The van der Waals surface area contributed by atoms with E-state index in [0.717, 1.165) is 28.3 Å². The number of anilines is 3. The highest BCUT2D eigenvalue weighted by Gasteiger charge is 2.10. The molecule has 26 heavy (non-hydrogen) atoms. The van der Waals surface area contributed by atoms with E-state index in [2.05, 4.69) is 20.6 Å². The van der Waals surface area contributed by atoms with E-state index in [1.54, 1.807) is 7.11 Å². The molecule has 0 saturated heterocycles. The van der Waals surface area contributed by atoms with Crippen molar-refractivity contribution in [3.05, 3.63) is 71.5 Å². The fraction of sp³-hybridized carbons (Fsp3) is 0.150. The maximum atomic E-state index is 12.4. The van der Waals surface area contributed by atoms with Crippen molar-refractivity contribution in [3.8, 4) is 5.75 Å². The van der Waals surface area contributed by atoms with Crippen LogP contribution in [0.15, 0.2) is 54.9 Å². The third kappa shape index (κ3) is 3.97. The first-order valence-electron chi connectivity index (χ1n) is 8.17. The number of hydrogen-bond donors (Lipinski definition) is 2. The summed E-state index contributed by atoms with van der Waals surface area (Å²) in [4.78, 5) is 20.8. The highest BCUT2D eigenvalue weighted by atomic mass is 16.5. The Morgan fingerprint density at radius 3 is 2.35 bits per heavy atom. The van der Waals surface area contributed by atoms with E-state index in [1.165, 1.54) is 12.4 Å². The number of ether oxygens (including phenoxy) is 1. The van der Waals surface area contributed by atoms with Crippen molar-refractivity contribution in [2.75, 3.05) is 17.7 Å². The molecule has 1 aromatic heterocycles. The van der Waals surface area contributed by atoms with Gasteiger partial charge in [-0.25, -0.2) is 9.97 Å². The first-order chi connectivity index (χ1) is 12.6. The highest BCUT2D eigenvalue weighted by Crippen LogP contribution is 2.20. The first-order valence-corrected chi connectivity index (χ1v) is 8.17. The zero-order chi connectivity index (χ0) is 18.5. The van der Waals surface area contributed by atoms with Gasteiger partial charge in [0.25, 0.3) is 5.91 Å². The zero-order valence-corrected chi connectivity index (χ0v) is 14.9. The molecule has 6 heteroatoms. The van der Waals surface area contributed by atoms with E-state index in [0.29, 0.717) is 11.5 Å². The average Bonchev–Trinajstić information content (AvgIpc) is 2.66. The van der Waals surface area contributed by atoms with Gasteiger partial charge in [0.15, 0.2) is 0 Å². The Morgan fingerprint density at radius 1 is 1.00 bits per heavy atom. The van der Waals surface area contributed by atoms with Gasteiger partial charge in [0.1, 0.15) is 5.75 Å². The molecule has 0 aliphatic carbocycles. The molecule has 2 aromatic carbocycles. The number of carbonyl (C=O) groups excluding carboxylic acids is 1. The second-order valence-electron chi connectivity index (χ2n) is 5.85. The molecular formula is C20H20N4O2. The van der Waals surface area contributed by atoms with Gasteiger partial charge in [-0.15, -0.1) is 0 Å². The molecule has 0 aliphatic rings. The van der Waals surface area contributed by atoms with Crippen LogP contribution in [0.4, 0.5) is 17.3 Å². The standard InChI is InChI=1S/C20H20N4O2/c1-13-5-4-6-18(14(13)2)24-19(25)15-11-21-20(22-12-15)23-16-7-9-17(26-3)10-8-16/h4-12H,1-3H3,(H,24,25)(H,21,22,23). The summed E-state index contributed by atoms with van der Waals surface area (Å²) in [6.07, 6.45) is 3.00. The maximum absolute atomic E-state index is 12.4. The number of benzene rings is 2. The molecule has 0 saturated carbocycles. The Balaban J connectivity index is 1.68. The summed E-state index contributed by atoms with van der Waals surface area (Å²) in [5.74, 6) is 0.947. The fourth-order valence-electron chi connectivity index (χ4n) is 2.39. The van der Waals surface area contributed by atoms with Gasteiger partial charge in [-0.1, -0.05) is 12.1 Å². The van der Waals surface area contributed by atoms with E-state index in [-0.39, 0.29) is 5.91 Å². The Hall–Kier alpha value is -3.41. The number of nitrogens with one attached hydrogen (secondary N) is 2. The Morgan fingerprint density at radius 2 is 1.69 bits per heavy atom. The van der Waals surface area contributed by atoms with Gasteiger partial charge in [-0.2, -0.15) is 0 Å². The van der Waals surface area contributed by atoms with Gasteiger partial charge >= 0.3 is 0 Å². The molecule has 0 aliphatic heterocycles. The summed E-state index contributed by atoms with van der Waals surface area (Å²) < 4.78 is 5.12. The van der Waals surface area contributed by atoms with Crippen molar-refractivity contribution in [3.63, 3.8) is 0 Å². The van der Waals surface area contributed by atoms with E-state index in [9.17, 15) is 4.79 Å². The lowest BCUT2D eigenvalue weighted by atomic mass is 10.1. The zero-order valence-electron chi connectivity index (χ0n) is 14.9. The number of methoxy groups -OCH3 is 1. The molecule has 1 heterocycles. The lowest BCUT2D eigenvalue weighted by Gasteiger charge is -2.10. The minimum Gasteiger partial charge on any atom is -0.497 e. The summed E-state index contributed by atoms with van der Waals surface area (Å²) in [6.45, 7) is 3.98. The quantitative estimate of drug-likeness (QED) is 0.726. The Labute approximate surface area is 152 Å². The van der Waals surface area contributed by atoms with Crippen molar-refractivity contribution in [2.24, 2.45) is 0 Å². The van der Waals surface area contributed by atoms with Crippen LogP contribution in [0.5, 0.6) is 5.75 Å². The predicted molar refractivity (Wildman–Crippen MR) is 102 cm³/mol. The minimum absolute atomic E-state index is 0.241. The van der Waals surface area contributed by atoms with Crippen LogP contribution in [-0.4, -0.2) is 23.0 Å². The highest BCUT2D eigenvalue weighted by molar-refractivity contribution is 6.04. The second kappa shape index (κ2) is 7.65. The van der Waals surface area contributed by atoms with Crippen LogP contribution in [0.1, 0.15) is 21.5 Å². The topological polar surface area (TPSA) is 76.1 Å². The van der Waals surface area contributed by atoms with Crippen LogP contribution in [-0.2, 0) is 0 Å². The van der Waals surface area contributed by atoms with Gasteiger partial charge in [0.05, 0.1) is 12.7 Å². The number of hydrogen-bond acceptors (Lipinski definition) is 5. The van der Waals surface area contributed by atoms with Gasteiger partial charge in [0, 0.05) is 23.8 Å². The van der Waals surface area contributed by atoms with E-state index in [4.69, 9.17) is 4.74 Å². The molecule has 0 fully saturated rings. The molecular weight excluding hydrogens is 328 g/mol. The Bertz CT molecular complexity index is 906. The molecule has 0 spiro atoms. The normalized spacial score (nSPS) is 10.3. The van der Waals surface area contributed by atoms with Gasteiger partial charge in [0.2, 0.25) is 5.95 Å². The van der Waals surface area contributed by atoms with Crippen molar-refractivity contribution in [2.45, 2.75) is 13.8 Å². The van der Waals surface area contributed by atoms with Gasteiger partial charge in [-0.3, -0.25) is 4.79 Å². The molecule has 132 valence electrons. The molecule has 3 aromatic rings. The summed E-state index contributed by atoms with van der Waals surface area (Å²) in [6, 6.07) is 13.2. The van der Waals surface area contributed by atoms with Crippen molar-refractivity contribution >= 4 is 23.2 Å². The van der Waals surface area contributed by atoms with Crippen molar-refractivity contribution in [1.29, 1.82) is 0 Å². The smallest absolute Gasteiger partial charge is 0.258 e. The largest absolute Gasteiger partial charge is 0.497 e. The van der Waals surface area contributed by atoms with Crippen LogP contribution in [0, 0.1) is 13.8 Å². The first kappa shape index (κ1) is 17.4. The van der Waals surface area contributed by atoms with Crippen LogP contribution in [0.25, 0.3) is 0 Å². The molecule has 0 unspecified atom stereocenters. The number of carbonyl (C=O) groups is 1. The average molecular weight is 348 g/mol. The monoisotopic (exact) mass is 348 g/mol. The van der Waals surface area contributed by atoms with Crippen LogP contribution in [0.3, 0.4) is 0 Å². The van der Waals surface area contributed by atoms with Crippen LogP contribution in [0.2, 0.25) is 0 Å². The number of rotatable bonds is 5. The SMILES string of the molecule is COc1ccc(Nc2ncc(C(=O)Nc3cccc(C)c3C)cn2)cc1. The van der Waals surface area contributed by atoms with E-state index >= 15 is 0 Å². The van der Waals surface area contributed by atoms with E-state index < -0.39 is 0 Å². The number of amides is 1. The fourth-order valence-corrected chi connectivity index (χ4v) is 2.39. The third-order valence-corrected chi connectivity index (χ3v) is 4.11. The molecule has 0 radical (unpaired) electrons. The summed E-state index contributed by atoms with van der Waals surface area (Å²) in [7, 11) is 1.62. The van der Waals surface area contributed by atoms with Crippen LogP contribution >= 0.6 is 0 Å². The molecule has 0 atom stereocenters. The number of aryl methyl sites for hydroxylation is 1. The molecule has 2 N–H and O–H groups in total. The van der Waals surface area contributed by atoms with Gasteiger partial charge < -0.3 is 15.4 Å². The lowest BCUT2D eigenvalue weighted by molar-refractivity contribution is 0.102. The summed E-state index contributed by atoms with van der Waals surface area (Å²) >= 11 is 0. The maximum Gasteiger partial charge on any atom is 0.258 e. The van der Waals surface area contributed by atoms with Crippen LogP contribution < -0.4 is 15.4 Å². The van der Waals surface area contributed by atoms with Crippen molar-refractivity contribution < 1.29 is 9.53 Å². The predicted octanol–water partition coefficient (Wildman–Crippen LogP) is 4.10. The number of aromatic nitrogens is 2. The number of nitrogens with zero attached hydrogens (tertiary/aromatic N) is 2. The molecule has 3 rings (SSSR count). The molecule has 6 nitrogen and oxygen atoms in total. The molecule has 1 amide bonds.